The summed E-state index contributed by atoms with van der Waals surface area (Å²) in [5.74, 6) is 1.41. The Labute approximate surface area is 152 Å². The number of methoxy groups -OCH3 is 1. The summed E-state index contributed by atoms with van der Waals surface area (Å²) in [6.45, 7) is 0.993. The molecule has 1 N–H and O–H groups in total. The Bertz CT molecular complexity index is 726. The second-order valence-electron chi connectivity index (χ2n) is 7.03. The van der Waals surface area contributed by atoms with Crippen molar-refractivity contribution in [1.82, 2.24) is 4.90 Å². The summed E-state index contributed by atoms with van der Waals surface area (Å²) in [7, 11) is 3.85. The third kappa shape index (κ3) is 2.18. The lowest BCUT2D eigenvalue weighted by Gasteiger charge is -2.46. The molecule has 0 aromatic heterocycles. The van der Waals surface area contributed by atoms with E-state index in [0.29, 0.717) is 5.75 Å². The number of ether oxygens (including phenoxy) is 4. The van der Waals surface area contributed by atoms with Gasteiger partial charge in [-0.25, -0.2) is 0 Å². The average molecular weight is 368 g/mol. The van der Waals surface area contributed by atoms with Crippen molar-refractivity contribution in [3.05, 3.63) is 35.4 Å². The molecule has 0 bridgehead atoms. The van der Waals surface area contributed by atoms with E-state index in [-0.39, 0.29) is 42.9 Å². The molecule has 136 valence electrons. The standard InChI is InChI=1S/C18H21NO5.ClH/c1-19-8-16-18(4-3-10(21-2)5-15(18)19)12-7-14-13(22-9-23-14)6-11(12)17(20)24-16;/h3-4,6-7,10,15-17,20H,5,8-9H2,1-2H3;1H. The van der Waals surface area contributed by atoms with E-state index in [2.05, 4.69) is 24.1 Å². The average Bonchev–Trinajstić information content (AvgIpc) is 3.16. The fraction of sp³-hybridized carbons (Fsp3) is 0.556. The first-order chi connectivity index (χ1) is 11.6. The zero-order chi connectivity index (χ0) is 16.5. The van der Waals surface area contributed by atoms with E-state index in [4.69, 9.17) is 18.9 Å². The SMILES string of the molecule is COC1C=CC23c4cc5c(cc4C(O)OC2CN(C)C3C1)OCO5.Cl. The van der Waals surface area contributed by atoms with Gasteiger partial charge in [-0.15, -0.1) is 12.4 Å². The van der Waals surface area contributed by atoms with E-state index in [9.17, 15) is 5.11 Å². The van der Waals surface area contributed by atoms with Crippen LogP contribution in [0.1, 0.15) is 23.8 Å². The molecule has 1 fully saturated rings. The fourth-order valence-corrected chi connectivity index (χ4v) is 4.82. The molecule has 5 rings (SSSR count). The largest absolute Gasteiger partial charge is 0.454 e. The van der Waals surface area contributed by atoms with E-state index in [1.165, 1.54) is 0 Å². The molecule has 5 atom stereocenters. The second kappa shape index (κ2) is 5.86. The van der Waals surface area contributed by atoms with E-state index < -0.39 is 6.29 Å². The number of hydrogen-bond acceptors (Lipinski definition) is 6. The summed E-state index contributed by atoms with van der Waals surface area (Å²) in [5.41, 5.74) is 1.56. The number of halogens is 1. The predicted molar refractivity (Wildman–Crippen MR) is 92.3 cm³/mol. The van der Waals surface area contributed by atoms with Gasteiger partial charge in [0.15, 0.2) is 17.8 Å². The number of aliphatic hydroxyl groups excluding tert-OH is 1. The van der Waals surface area contributed by atoms with E-state index in [1.54, 1.807) is 7.11 Å². The highest BCUT2D eigenvalue weighted by molar-refractivity contribution is 5.85. The van der Waals surface area contributed by atoms with Crippen LogP contribution in [0.2, 0.25) is 0 Å². The summed E-state index contributed by atoms with van der Waals surface area (Å²) in [4.78, 5) is 2.31. The summed E-state index contributed by atoms with van der Waals surface area (Å²) >= 11 is 0. The minimum absolute atomic E-state index is 0. The molecule has 4 aliphatic rings. The van der Waals surface area contributed by atoms with Crippen LogP contribution in [0.25, 0.3) is 0 Å². The van der Waals surface area contributed by atoms with Gasteiger partial charge in [-0.05, 0) is 31.2 Å². The maximum atomic E-state index is 10.5. The third-order valence-corrected chi connectivity index (χ3v) is 5.99. The second-order valence-corrected chi connectivity index (χ2v) is 7.03. The number of likely N-dealkylation sites (N-methyl/N-ethyl adjacent to an activating group) is 1. The molecule has 0 radical (unpaired) electrons. The van der Waals surface area contributed by atoms with Crippen LogP contribution in [0.15, 0.2) is 24.3 Å². The molecule has 5 unspecified atom stereocenters. The highest BCUT2D eigenvalue weighted by Crippen LogP contribution is 2.54. The van der Waals surface area contributed by atoms with Crippen LogP contribution < -0.4 is 9.47 Å². The van der Waals surface area contributed by atoms with Crippen LogP contribution in [-0.4, -0.2) is 55.8 Å². The van der Waals surface area contributed by atoms with Crippen molar-refractivity contribution in [1.29, 1.82) is 0 Å². The monoisotopic (exact) mass is 367 g/mol. The van der Waals surface area contributed by atoms with E-state index in [0.717, 1.165) is 29.8 Å². The van der Waals surface area contributed by atoms with Crippen molar-refractivity contribution in [3.63, 3.8) is 0 Å². The molecule has 1 spiro atoms. The number of fused-ring (bicyclic) bond motifs is 2. The Morgan fingerprint density at radius 1 is 1.28 bits per heavy atom. The molecule has 25 heavy (non-hydrogen) atoms. The lowest BCUT2D eigenvalue weighted by molar-refractivity contribution is -0.160. The molecule has 1 aliphatic carbocycles. The van der Waals surface area contributed by atoms with Crippen LogP contribution in [0.5, 0.6) is 11.5 Å². The summed E-state index contributed by atoms with van der Waals surface area (Å²) in [6, 6.07) is 4.14. The number of hydrogen-bond donors (Lipinski definition) is 1. The maximum absolute atomic E-state index is 10.5. The Morgan fingerprint density at radius 2 is 2.04 bits per heavy atom. The highest BCUT2D eigenvalue weighted by atomic mass is 35.5. The van der Waals surface area contributed by atoms with Gasteiger partial charge in [0.25, 0.3) is 0 Å². The van der Waals surface area contributed by atoms with Gasteiger partial charge in [0.1, 0.15) is 0 Å². The van der Waals surface area contributed by atoms with Gasteiger partial charge in [0.05, 0.1) is 17.6 Å². The molecule has 0 saturated carbocycles. The zero-order valence-corrected chi connectivity index (χ0v) is 15.0. The Balaban J connectivity index is 0.00000157. The summed E-state index contributed by atoms with van der Waals surface area (Å²) in [6.07, 6.45) is 4.31. The fourth-order valence-electron chi connectivity index (χ4n) is 4.82. The van der Waals surface area contributed by atoms with Crippen molar-refractivity contribution >= 4 is 12.4 Å². The first-order valence-electron chi connectivity index (χ1n) is 8.33. The topological polar surface area (TPSA) is 60.4 Å². The molecule has 1 aromatic carbocycles. The number of nitrogens with zero attached hydrogens (tertiary/aromatic N) is 1. The third-order valence-electron chi connectivity index (χ3n) is 5.99. The molecule has 1 saturated heterocycles. The smallest absolute Gasteiger partial charge is 0.231 e. The van der Waals surface area contributed by atoms with Gasteiger partial charge < -0.3 is 24.1 Å². The zero-order valence-electron chi connectivity index (χ0n) is 14.2. The van der Waals surface area contributed by atoms with Gasteiger partial charge in [0.2, 0.25) is 6.79 Å². The van der Waals surface area contributed by atoms with Crippen LogP contribution in [-0.2, 0) is 14.9 Å². The summed E-state index contributed by atoms with van der Waals surface area (Å²) < 4.78 is 22.6. The van der Waals surface area contributed by atoms with Gasteiger partial charge in [-0.3, -0.25) is 4.90 Å². The van der Waals surface area contributed by atoms with Crippen molar-refractivity contribution in [3.8, 4) is 11.5 Å². The van der Waals surface area contributed by atoms with Gasteiger partial charge in [0, 0.05) is 25.3 Å². The molecule has 0 amide bonds. The van der Waals surface area contributed by atoms with Crippen LogP contribution in [0, 0.1) is 0 Å². The summed E-state index contributed by atoms with van der Waals surface area (Å²) in [5, 5.41) is 10.5. The van der Waals surface area contributed by atoms with E-state index >= 15 is 0 Å². The predicted octanol–water partition coefficient (Wildman–Crippen LogP) is 1.75. The molecular formula is C18H22ClNO5. The minimum Gasteiger partial charge on any atom is -0.454 e. The molecule has 7 heteroatoms. The highest BCUT2D eigenvalue weighted by Gasteiger charge is 2.59. The molecular weight excluding hydrogens is 346 g/mol. The lowest BCUT2D eigenvalue weighted by Crippen LogP contribution is -2.52. The number of aliphatic hydroxyl groups is 1. The molecule has 1 aromatic rings. The number of benzene rings is 1. The molecule has 3 aliphatic heterocycles. The lowest BCUT2D eigenvalue weighted by atomic mass is 9.65. The van der Waals surface area contributed by atoms with Crippen molar-refractivity contribution in [2.45, 2.75) is 36.4 Å². The Hall–Kier alpha value is -1.31. The Morgan fingerprint density at radius 3 is 2.80 bits per heavy atom. The normalized spacial score (nSPS) is 37.9. The maximum Gasteiger partial charge on any atom is 0.231 e. The van der Waals surface area contributed by atoms with Crippen molar-refractivity contribution in [2.75, 3.05) is 27.5 Å². The van der Waals surface area contributed by atoms with Crippen LogP contribution in [0.3, 0.4) is 0 Å². The van der Waals surface area contributed by atoms with E-state index in [1.807, 2.05) is 12.1 Å². The Kier molecular flexibility index (Phi) is 4.01. The quantitative estimate of drug-likeness (QED) is 0.763. The van der Waals surface area contributed by atoms with Crippen molar-refractivity contribution in [2.24, 2.45) is 0 Å². The number of likely N-dealkylation sites (tertiary alicyclic amines) is 1. The van der Waals surface area contributed by atoms with Crippen LogP contribution in [0.4, 0.5) is 0 Å². The van der Waals surface area contributed by atoms with Gasteiger partial charge >= 0.3 is 0 Å². The molecule has 3 heterocycles. The first-order valence-corrected chi connectivity index (χ1v) is 8.33. The van der Waals surface area contributed by atoms with Crippen LogP contribution >= 0.6 is 12.4 Å². The van der Waals surface area contributed by atoms with Gasteiger partial charge in [-0.2, -0.15) is 0 Å². The number of rotatable bonds is 1. The molecule has 6 nitrogen and oxygen atoms in total. The van der Waals surface area contributed by atoms with Gasteiger partial charge in [-0.1, -0.05) is 12.2 Å². The first kappa shape index (κ1) is 17.1. The van der Waals surface area contributed by atoms with Crippen molar-refractivity contribution < 1.29 is 24.1 Å². The minimum atomic E-state index is -0.939.